The van der Waals surface area contributed by atoms with Gasteiger partial charge in [-0.25, -0.2) is 5.41 Å². The van der Waals surface area contributed by atoms with Crippen molar-refractivity contribution >= 4 is 22.6 Å². The summed E-state index contributed by atoms with van der Waals surface area (Å²) in [5, 5.41) is 13.6. The Kier molecular flexibility index (Phi) is 1.59. The van der Waals surface area contributed by atoms with E-state index >= 15 is 0 Å². The molecule has 0 amide bonds. The Hall–Kier alpha value is -0.720. The van der Waals surface area contributed by atoms with E-state index in [1.54, 1.807) is 22.6 Å². The van der Waals surface area contributed by atoms with Gasteiger partial charge in [0.1, 0.15) is 3.57 Å². The van der Waals surface area contributed by atoms with Crippen LogP contribution in [0, 0.1) is 3.57 Å². The standard InChI is InChI=1S/C5H2INO3/c6-1-3(8)2(7)5(10)4(1)9/h7-8H/p+1. The second-order valence-corrected chi connectivity index (χ2v) is 2.81. The summed E-state index contributed by atoms with van der Waals surface area (Å²) < 4.78 is 0.0000926. The van der Waals surface area contributed by atoms with Crippen molar-refractivity contribution in [3.63, 3.8) is 0 Å². The molecule has 0 heterocycles. The molecule has 0 aliphatic carbocycles. The lowest BCUT2D eigenvalue weighted by molar-refractivity contribution is -0.175. The number of rotatable bonds is 0. The van der Waals surface area contributed by atoms with E-state index in [1.165, 1.54) is 0 Å². The maximum atomic E-state index is 10.7. The summed E-state index contributed by atoms with van der Waals surface area (Å²) in [6, 6.07) is 0. The van der Waals surface area contributed by atoms with Gasteiger partial charge in [-0.3, -0.25) is 9.59 Å². The van der Waals surface area contributed by atoms with Crippen molar-refractivity contribution in [1.29, 1.82) is 0 Å². The molecule has 0 saturated heterocycles. The average Bonchev–Trinajstić information content (AvgIpc) is 2.07. The predicted octanol–water partition coefficient (Wildman–Crippen LogP) is -2.75. The van der Waals surface area contributed by atoms with E-state index in [1.807, 2.05) is 0 Å². The van der Waals surface area contributed by atoms with Gasteiger partial charge in [-0.2, -0.15) is 0 Å². The summed E-state index contributed by atoms with van der Waals surface area (Å²) in [5.74, 6) is -0.393. The summed E-state index contributed by atoms with van der Waals surface area (Å²) >= 11 is 1.57. The molecule has 52 valence electrons. The molecule has 0 fully saturated rings. The smallest absolute Gasteiger partial charge is 0.301 e. The molecular weight excluding hydrogens is 249 g/mol. The van der Waals surface area contributed by atoms with Gasteiger partial charge in [0.15, 0.2) is 0 Å². The number of halogens is 1. The van der Waals surface area contributed by atoms with Gasteiger partial charge in [-0.05, 0) is 22.6 Å². The second-order valence-electron chi connectivity index (χ2n) is 1.73. The molecule has 0 aromatic heterocycles. The van der Waals surface area contributed by atoms with Crippen molar-refractivity contribution in [2.45, 2.75) is 0 Å². The molecule has 0 aliphatic rings. The minimum Gasteiger partial charge on any atom is -0.501 e. The van der Waals surface area contributed by atoms with Crippen molar-refractivity contribution in [2.24, 2.45) is 0 Å². The second kappa shape index (κ2) is 2.15. The lowest BCUT2D eigenvalue weighted by Crippen LogP contribution is -2.54. The molecular formula is C5H3INO3+. The van der Waals surface area contributed by atoms with Crippen molar-refractivity contribution in [3.8, 4) is 5.75 Å². The van der Waals surface area contributed by atoms with Gasteiger partial charge in [0.25, 0.3) is 5.36 Å². The van der Waals surface area contributed by atoms with E-state index in [0.29, 0.717) is 0 Å². The highest BCUT2D eigenvalue weighted by atomic mass is 127. The van der Waals surface area contributed by atoms with Gasteiger partial charge in [-0.1, -0.05) is 0 Å². The van der Waals surface area contributed by atoms with Gasteiger partial charge < -0.3 is 5.11 Å². The quantitative estimate of drug-likeness (QED) is 0.388. The Balaban J connectivity index is 3.97. The van der Waals surface area contributed by atoms with E-state index in [-0.39, 0.29) is 8.93 Å². The fraction of sp³-hybridized carbons (Fsp3) is 0. The molecule has 4 nitrogen and oxygen atoms in total. The normalized spacial score (nSPS) is 10.1. The molecule has 0 aliphatic heterocycles. The molecule has 0 bridgehead atoms. The third-order valence-corrected chi connectivity index (χ3v) is 2.11. The van der Waals surface area contributed by atoms with Crippen molar-refractivity contribution in [1.82, 2.24) is 0 Å². The number of nitrogens with two attached hydrogens (primary N) is 1. The Morgan fingerprint density at radius 3 is 1.90 bits per heavy atom. The molecule has 0 spiro atoms. The van der Waals surface area contributed by atoms with Crippen molar-refractivity contribution < 1.29 is 10.5 Å². The summed E-state index contributed by atoms with van der Waals surface area (Å²) in [4.78, 5) is 21.3. The lowest BCUT2D eigenvalue weighted by atomic mass is 10.6. The maximum absolute atomic E-state index is 10.7. The van der Waals surface area contributed by atoms with Gasteiger partial charge in [-0.15, -0.1) is 0 Å². The first-order valence-electron chi connectivity index (χ1n) is 2.36. The molecule has 0 atom stereocenters. The Morgan fingerprint density at radius 2 is 1.80 bits per heavy atom. The van der Waals surface area contributed by atoms with Crippen LogP contribution in [0.5, 0.6) is 5.75 Å². The molecule has 1 aromatic rings. The van der Waals surface area contributed by atoms with E-state index in [4.69, 9.17) is 10.5 Å². The predicted molar refractivity (Wildman–Crippen MR) is 40.8 cm³/mol. The number of hydrogen-bond donors (Lipinski definition) is 2. The minimum atomic E-state index is -0.818. The van der Waals surface area contributed by atoms with Crippen LogP contribution < -0.4 is 21.6 Å². The first-order chi connectivity index (χ1) is 4.55. The van der Waals surface area contributed by atoms with Crippen LogP contribution in [0.3, 0.4) is 0 Å². The average molecular weight is 252 g/mol. The minimum absolute atomic E-state index is 0.0000926. The van der Waals surface area contributed by atoms with E-state index in [9.17, 15) is 9.59 Å². The van der Waals surface area contributed by atoms with Crippen LogP contribution >= 0.6 is 22.6 Å². The summed E-state index contributed by atoms with van der Waals surface area (Å²) in [6.45, 7) is 0. The van der Waals surface area contributed by atoms with Gasteiger partial charge in [0.2, 0.25) is 11.2 Å². The summed E-state index contributed by atoms with van der Waals surface area (Å²) in [5.41, 5.74) is -1.54. The van der Waals surface area contributed by atoms with E-state index in [0.717, 1.165) is 0 Å². The lowest BCUT2D eigenvalue weighted by Gasteiger charge is -1.75. The Morgan fingerprint density at radius 1 is 1.30 bits per heavy atom. The van der Waals surface area contributed by atoms with Gasteiger partial charge in [0.05, 0.1) is 0 Å². The third kappa shape index (κ3) is 0.772. The van der Waals surface area contributed by atoms with Crippen LogP contribution in [-0.2, 0) is 0 Å². The van der Waals surface area contributed by atoms with E-state index < -0.39 is 16.6 Å². The molecule has 10 heavy (non-hydrogen) atoms. The number of hydrogen-bond acceptors (Lipinski definition) is 3. The molecule has 0 unspecified atom stereocenters. The summed E-state index contributed by atoms with van der Waals surface area (Å²) in [6.07, 6.45) is 0. The molecule has 5 heteroatoms. The highest BCUT2D eigenvalue weighted by Gasteiger charge is 2.16. The van der Waals surface area contributed by atoms with Gasteiger partial charge in [0, 0.05) is 0 Å². The fourth-order valence-corrected chi connectivity index (χ4v) is 1.09. The molecule has 1 rings (SSSR count). The van der Waals surface area contributed by atoms with Crippen LogP contribution in [0.2, 0.25) is 0 Å². The van der Waals surface area contributed by atoms with Gasteiger partial charge >= 0.3 is 5.43 Å². The topological polar surface area (TPSA) is 80.0 Å². The fourth-order valence-electron chi connectivity index (χ4n) is 0.555. The molecule has 1 aromatic carbocycles. The maximum Gasteiger partial charge on any atom is 0.301 e. The van der Waals surface area contributed by atoms with Crippen LogP contribution in [0.1, 0.15) is 0 Å². The first-order valence-corrected chi connectivity index (χ1v) is 3.44. The largest absolute Gasteiger partial charge is 0.501 e. The van der Waals surface area contributed by atoms with E-state index in [2.05, 4.69) is 0 Å². The van der Waals surface area contributed by atoms with Crippen molar-refractivity contribution in [2.75, 3.05) is 0 Å². The van der Waals surface area contributed by atoms with Crippen LogP contribution in [0.15, 0.2) is 9.59 Å². The zero-order valence-electron chi connectivity index (χ0n) is 4.72. The molecule has 0 radical (unpaired) electrons. The number of aromatic hydroxyl groups is 1. The SMILES string of the molecule is [NH2+]=c1c(O)c(I)c(=O)c1=O. The summed E-state index contributed by atoms with van der Waals surface area (Å²) in [7, 11) is 0. The van der Waals surface area contributed by atoms with Crippen molar-refractivity contribution in [3.05, 3.63) is 29.4 Å². The Bertz CT molecular complexity index is 365. The molecule has 0 saturated carbocycles. The van der Waals surface area contributed by atoms with Crippen LogP contribution in [0.4, 0.5) is 0 Å². The van der Waals surface area contributed by atoms with Crippen LogP contribution in [0.25, 0.3) is 0 Å². The first kappa shape index (κ1) is 7.39. The van der Waals surface area contributed by atoms with Crippen LogP contribution in [-0.4, -0.2) is 5.11 Å². The zero-order valence-corrected chi connectivity index (χ0v) is 6.88. The monoisotopic (exact) mass is 252 g/mol. The zero-order chi connectivity index (χ0) is 7.89. The highest BCUT2D eigenvalue weighted by Crippen LogP contribution is 2.05. The Labute approximate surface area is 68.5 Å². The molecule has 3 N–H and O–H groups in total. The third-order valence-electron chi connectivity index (χ3n) is 1.11. The highest BCUT2D eigenvalue weighted by molar-refractivity contribution is 14.1.